The highest BCUT2D eigenvalue weighted by atomic mass is 15.0. The van der Waals surface area contributed by atoms with Gasteiger partial charge in [0.2, 0.25) is 0 Å². The van der Waals surface area contributed by atoms with E-state index in [9.17, 15) is 0 Å². The molecule has 18 heavy (non-hydrogen) atoms. The van der Waals surface area contributed by atoms with Crippen LogP contribution < -0.4 is 5.32 Å². The Morgan fingerprint density at radius 2 is 1.72 bits per heavy atom. The van der Waals surface area contributed by atoms with Gasteiger partial charge in [-0.2, -0.15) is 0 Å². The first-order valence-corrected chi connectivity index (χ1v) is 6.25. The van der Waals surface area contributed by atoms with Gasteiger partial charge in [0.05, 0.1) is 5.69 Å². The predicted octanol–water partition coefficient (Wildman–Crippen LogP) is 3.20. The van der Waals surface area contributed by atoms with Gasteiger partial charge in [0.15, 0.2) is 0 Å². The van der Waals surface area contributed by atoms with E-state index in [2.05, 4.69) is 60.3 Å². The number of nitrogens with one attached hydrogen (secondary N) is 1. The minimum atomic E-state index is 0.190. The molecule has 0 amide bonds. The van der Waals surface area contributed by atoms with Crippen molar-refractivity contribution in [2.24, 2.45) is 0 Å². The van der Waals surface area contributed by atoms with Gasteiger partial charge in [-0.15, -0.1) is 0 Å². The molecule has 0 fully saturated rings. The van der Waals surface area contributed by atoms with Gasteiger partial charge >= 0.3 is 0 Å². The van der Waals surface area contributed by atoms with Crippen LogP contribution in [0.1, 0.15) is 42.8 Å². The minimum absolute atomic E-state index is 0.190. The molecule has 2 aromatic rings. The third-order valence-corrected chi connectivity index (χ3v) is 3.10. The van der Waals surface area contributed by atoms with Crippen molar-refractivity contribution in [3.8, 4) is 0 Å². The van der Waals surface area contributed by atoms with Crippen LogP contribution in [0.3, 0.4) is 0 Å². The molecular formula is C15H19N3. The highest BCUT2D eigenvalue weighted by molar-refractivity contribution is 5.24. The van der Waals surface area contributed by atoms with Gasteiger partial charge in [-0.1, -0.05) is 29.8 Å². The van der Waals surface area contributed by atoms with E-state index >= 15 is 0 Å². The molecule has 0 radical (unpaired) electrons. The number of hydrogen-bond acceptors (Lipinski definition) is 3. The van der Waals surface area contributed by atoms with Gasteiger partial charge in [0.25, 0.3) is 0 Å². The van der Waals surface area contributed by atoms with Crippen molar-refractivity contribution in [1.29, 1.82) is 0 Å². The van der Waals surface area contributed by atoms with E-state index in [1.807, 2.05) is 0 Å². The van der Waals surface area contributed by atoms with E-state index in [-0.39, 0.29) is 6.04 Å². The second-order valence-corrected chi connectivity index (χ2v) is 4.65. The first-order valence-electron chi connectivity index (χ1n) is 6.25. The van der Waals surface area contributed by atoms with E-state index in [0.717, 1.165) is 5.69 Å². The lowest BCUT2D eigenvalue weighted by Crippen LogP contribution is -2.23. The van der Waals surface area contributed by atoms with E-state index in [1.54, 1.807) is 18.6 Å². The molecule has 3 heteroatoms. The van der Waals surface area contributed by atoms with Crippen LogP contribution in [0.4, 0.5) is 0 Å². The zero-order chi connectivity index (χ0) is 13.0. The quantitative estimate of drug-likeness (QED) is 0.893. The van der Waals surface area contributed by atoms with Crippen LogP contribution in [0.2, 0.25) is 0 Å². The molecular weight excluding hydrogens is 222 g/mol. The van der Waals surface area contributed by atoms with Crippen molar-refractivity contribution in [2.75, 3.05) is 0 Å². The van der Waals surface area contributed by atoms with Crippen LogP contribution in [0.5, 0.6) is 0 Å². The van der Waals surface area contributed by atoms with Gasteiger partial charge < -0.3 is 5.32 Å². The van der Waals surface area contributed by atoms with E-state index in [4.69, 9.17) is 0 Å². The molecule has 0 aliphatic rings. The monoisotopic (exact) mass is 241 g/mol. The first-order chi connectivity index (χ1) is 8.66. The normalized spacial score (nSPS) is 14.2. The summed E-state index contributed by atoms with van der Waals surface area (Å²) in [6.07, 6.45) is 5.23. The molecule has 2 atom stereocenters. The Kier molecular flexibility index (Phi) is 4.05. The molecule has 0 bridgehead atoms. The number of benzene rings is 1. The molecule has 1 heterocycles. The molecule has 1 aromatic carbocycles. The van der Waals surface area contributed by atoms with Crippen molar-refractivity contribution in [1.82, 2.24) is 15.3 Å². The molecule has 1 unspecified atom stereocenters. The van der Waals surface area contributed by atoms with Crippen molar-refractivity contribution < 1.29 is 0 Å². The number of hydrogen-bond donors (Lipinski definition) is 1. The molecule has 0 aliphatic carbocycles. The molecule has 0 saturated heterocycles. The predicted molar refractivity (Wildman–Crippen MR) is 73.2 cm³/mol. The smallest absolute Gasteiger partial charge is 0.0753 e. The van der Waals surface area contributed by atoms with Crippen molar-refractivity contribution in [3.63, 3.8) is 0 Å². The average molecular weight is 241 g/mol. The molecule has 0 saturated carbocycles. The number of nitrogens with zero attached hydrogens (tertiary/aromatic N) is 2. The van der Waals surface area contributed by atoms with Crippen LogP contribution in [0, 0.1) is 6.92 Å². The zero-order valence-corrected chi connectivity index (χ0v) is 11.1. The highest BCUT2D eigenvalue weighted by Crippen LogP contribution is 2.17. The topological polar surface area (TPSA) is 37.8 Å². The van der Waals surface area contributed by atoms with E-state index in [0.29, 0.717) is 6.04 Å². The number of aryl methyl sites for hydroxylation is 1. The summed E-state index contributed by atoms with van der Waals surface area (Å²) in [6.45, 7) is 6.37. The summed E-state index contributed by atoms with van der Waals surface area (Å²) in [4.78, 5) is 8.41. The molecule has 0 spiro atoms. The van der Waals surface area contributed by atoms with E-state index < -0.39 is 0 Å². The summed E-state index contributed by atoms with van der Waals surface area (Å²) >= 11 is 0. The summed E-state index contributed by atoms with van der Waals surface area (Å²) in [5, 5.41) is 3.53. The zero-order valence-electron chi connectivity index (χ0n) is 11.1. The van der Waals surface area contributed by atoms with Crippen LogP contribution in [0.25, 0.3) is 0 Å². The molecule has 2 rings (SSSR count). The Morgan fingerprint density at radius 1 is 1.00 bits per heavy atom. The molecule has 1 N–H and O–H groups in total. The lowest BCUT2D eigenvalue weighted by Gasteiger charge is -2.19. The summed E-state index contributed by atoms with van der Waals surface area (Å²) < 4.78 is 0. The summed E-state index contributed by atoms with van der Waals surface area (Å²) in [5.74, 6) is 0. The van der Waals surface area contributed by atoms with Crippen LogP contribution >= 0.6 is 0 Å². The third-order valence-electron chi connectivity index (χ3n) is 3.10. The van der Waals surface area contributed by atoms with Crippen molar-refractivity contribution in [3.05, 3.63) is 59.7 Å². The van der Waals surface area contributed by atoms with Crippen molar-refractivity contribution in [2.45, 2.75) is 32.9 Å². The minimum Gasteiger partial charge on any atom is -0.302 e. The van der Waals surface area contributed by atoms with Gasteiger partial charge in [0.1, 0.15) is 0 Å². The standard InChI is InChI=1S/C15H19N3/c1-11-4-6-14(7-5-11)12(2)18-13(3)15-10-16-8-9-17-15/h4-10,12-13,18H,1-3H3/t12-,13?/m1/s1. The van der Waals surface area contributed by atoms with Gasteiger partial charge in [-0.3, -0.25) is 9.97 Å². The Labute approximate surface area is 108 Å². The largest absolute Gasteiger partial charge is 0.302 e. The van der Waals surface area contributed by atoms with Gasteiger partial charge in [-0.25, -0.2) is 0 Å². The highest BCUT2D eigenvalue weighted by Gasteiger charge is 2.11. The Hall–Kier alpha value is -1.74. The molecule has 3 nitrogen and oxygen atoms in total. The summed E-state index contributed by atoms with van der Waals surface area (Å²) in [7, 11) is 0. The number of rotatable bonds is 4. The third kappa shape index (κ3) is 3.14. The second-order valence-electron chi connectivity index (χ2n) is 4.65. The lowest BCUT2D eigenvalue weighted by atomic mass is 10.1. The fourth-order valence-corrected chi connectivity index (χ4v) is 1.95. The van der Waals surface area contributed by atoms with Crippen LogP contribution in [-0.4, -0.2) is 9.97 Å². The fraction of sp³-hybridized carbons (Fsp3) is 0.333. The maximum absolute atomic E-state index is 4.31. The fourth-order valence-electron chi connectivity index (χ4n) is 1.95. The van der Waals surface area contributed by atoms with E-state index in [1.165, 1.54) is 11.1 Å². The van der Waals surface area contributed by atoms with Gasteiger partial charge in [0, 0.05) is 30.7 Å². The maximum Gasteiger partial charge on any atom is 0.0753 e. The SMILES string of the molecule is Cc1ccc([C@@H](C)NC(C)c2cnccn2)cc1. The lowest BCUT2D eigenvalue weighted by molar-refractivity contribution is 0.485. The first kappa shape index (κ1) is 12.7. The van der Waals surface area contributed by atoms with Crippen LogP contribution in [0.15, 0.2) is 42.9 Å². The Morgan fingerprint density at radius 3 is 2.33 bits per heavy atom. The van der Waals surface area contributed by atoms with Crippen molar-refractivity contribution >= 4 is 0 Å². The van der Waals surface area contributed by atoms with Crippen LogP contribution in [-0.2, 0) is 0 Å². The molecule has 94 valence electrons. The Balaban J connectivity index is 2.03. The summed E-state index contributed by atoms with van der Waals surface area (Å²) in [6, 6.07) is 9.09. The average Bonchev–Trinajstić information content (AvgIpc) is 2.40. The number of aromatic nitrogens is 2. The summed E-state index contributed by atoms with van der Waals surface area (Å²) in [5.41, 5.74) is 3.54. The molecule has 1 aromatic heterocycles. The second kappa shape index (κ2) is 5.74. The van der Waals surface area contributed by atoms with Gasteiger partial charge in [-0.05, 0) is 26.3 Å². The Bertz CT molecular complexity index is 479. The molecule has 0 aliphatic heterocycles. The maximum atomic E-state index is 4.31.